The van der Waals surface area contributed by atoms with Gasteiger partial charge in [-0.25, -0.2) is 4.98 Å². The average Bonchev–Trinajstić information content (AvgIpc) is 2.66. The van der Waals surface area contributed by atoms with Crippen LogP contribution in [0.15, 0.2) is 42.6 Å². The van der Waals surface area contributed by atoms with Crippen molar-refractivity contribution >= 4 is 28.3 Å². The van der Waals surface area contributed by atoms with Crippen LogP contribution in [0.4, 0.5) is 5.69 Å². The van der Waals surface area contributed by atoms with Crippen molar-refractivity contribution in [1.82, 2.24) is 9.97 Å². The molecule has 0 amide bonds. The highest BCUT2D eigenvalue weighted by Crippen LogP contribution is 2.30. The van der Waals surface area contributed by atoms with Gasteiger partial charge < -0.3 is 10.7 Å². The molecule has 0 spiro atoms. The molecule has 0 bridgehead atoms. The van der Waals surface area contributed by atoms with Gasteiger partial charge in [-0.3, -0.25) is 0 Å². The molecule has 0 unspecified atom stereocenters. The summed E-state index contributed by atoms with van der Waals surface area (Å²) in [5.41, 5.74) is 9.28. The lowest BCUT2D eigenvalue weighted by Gasteiger charge is -2.00. The van der Waals surface area contributed by atoms with Crippen LogP contribution in [0.2, 0.25) is 5.15 Å². The molecule has 3 rings (SSSR count). The third kappa shape index (κ3) is 1.65. The molecule has 0 aliphatic rings. The van der Waals surface area contributed by atoms with Gasteiger partial charge in [0.25, 0.3) is 0 Å². The molecular formula is C13H10ClN3. The molecule has 2 aromatic heterocycles. The maximum absolute atomic E-state index is 5.93. The Morgan fingerprint density at radius 2 is 1.88 bits per heavy atom. The summed E-state index contributed by atoms with van der Waals surface area (Å²) in [6.45, 7) is 0. The van der Waals surface area contributed by atoms with Gasteiger partial charge in [0.2, 0.25) is 0 Å². The summed E-state index contributed by atoms with van der Waals surface area (Å²) in [5.74, 6) is 0. The number of H-pyrrole nitrogens is 1. The number of pyridine rings is 1. The number of nitrogens with zero attached hydrogens (tertiary/aromatic N) is 1. The summed E-state index contributed by atoms with van der Waals surface area (Å²) in [6, 6.07) is 12.0. The molecule has 0 saturated carbocycles. The van der Waals surface area contributed by atoms with Crippen molar-refractivity contribution in [2.45, 2.75) is 0 Å². The predicted molar refractivity (Wildman–Crippen MR) is 71.0 cm³/mol. The number of aromatic amines is 1. The zero-order valence-electron chi connectivity index (χ0n) is 8.94. The van der Waals surface area contributed by atoms with E-state index in [9.17, 15) is 0 Å². The Bertz CT molecular complexity index is 674. The quantitative estimate of drug-likeness (QED) is 0.688. The fourth-order valence-corrected chi connectivity index (χ4v) is 2.04. The first-order valence-electron chi connectivity index (χ1n) is 5.24. The van der Waals surface area contributed by atoms with Crippen molar-refractivity contribution < 1.29 is 0 Å². The standard InChI is InChI=1S/C13H10ClN3/c14-12-11(15)10-6-9(7-16-13(10)17-12)8-4-2-1-3-5-8/h1-7H,15H2,(H,16,17). The molecular weight excluding hydrogens is 234 g/mol. The van der Waals surface area contributed by atoms with Gasteiger partial charge in [-0.2, -0.15) is 0 Å². The third-order valence-corrected chi connectivity index (χ3v) is 3.05. The first kappa shape index (κ1) is 10.2. The Kier molecular flexibility index (Phi) is 2.27. The van der Waals surface area contributed by atoms with Crippen LogP contribution in [-0.4, -0.2) is 9.97 Å². The highest BCUT2D eigenvalue weighted by Gasteiger charge is 2.08. The molecule has 0 saturated heterocycles. The van der Waals surface area contributed by atoms with Crippen molar-refractivity contribution in [3.05, 3.63) is 47.7 Å². The summed E-state index contributed by atoms with van der Waals surface area (Å²) in [7, 11) is 0. The molecule has 0 fully saturated rings. The Balaban J connectivity index is 2.23. The number of hydrogen-bond acceptors (Lipinski definition) is 2. The van der Waals surface area contributed by atoms with Crippen molar-refractivity contribution in [1.29, 1.82) is 0 Å². The second-order valence-electron chi connectivity index (χ2n) is 3.84. The molecule has 84 valence electrons. The van der Waals surface area contributed by atoms with Gasteiger partial charge in [-0.15, -0.1) is 0 Å². The average molecular weight is 244 g/mol. The van der Waals surface area contributed by atoms with Crippen molar-refractivity contribution in [2.24, 2.45) is 0 Å². The van der Waals surface area contributed by atoms with Crippen LogP contribution in [0.25, 0.3) is 22.2 Å². The molecule has 0 aliphatic heterocycles. The van der Waals surface area contributed by atoms with E-state index in [4.69, 9.17) is 17.3 Å². The van der Waals surface area contributed by atoms with E-state index in [-0.39, 0.29) is 0 Å². The van der Waals surface area contributed by atoms with E-state index < -0.39 is 0 Å². The second kappa shape index (κ2) is 3.79. The minimum atomic E-state index is 0.442. The minimum absolute atomic E-state index is 0.442. The lowest BCUT2D eigenvalue weighted by molar-refractivity contribution is 1.32. The van der Waals surface area contributed by atoms with E-state index in [2.05, 4.69) is 9.97 Å². The fraction of sp³-hybridized carbons (Fsp3) is 0. The van der Waals surface area contributed by atoms with E-state index in [0.29, 0.717) is 16.5 Å². The van der Waals surface area contributed by atoms with Gasteiger partial charge in [0.15, 0.2) is 0 Å². The Labute approximate surface area is 103 Å². The third-order valence-electron chi connectivity index (χ3n) is 2.75. The van der Waals surface area contributed by atoms with Crippen LogP contribution in [0.3, 0.4) is 0 Å². The smallest absolute Gasteiger partial charge is 0.140 e. The highest BCUT2D eigenvalue weighted by atomic mass is 35.5. The molecule has 0 radical (unpaired) electrons. The molecule has 3 N–H and O–H groups in total. The Morgan fingerprint density at radius 1 is 1.12 bits per heavy atom. The minimum Gasteiger partial charge on any atom is -0.396 e. The van der Waals surface area contributed by atoms with Crippen LogP contribution in [-0.2, 0) is 0 Å². The molecule has 0 atom stereocenters. The van der Waals surface area contributed by atoms with Gasteiger partial charge in [0, 0.05) is 17.1 Å². The lowest BCUT2D eigenvalue weighted by atomic mass is 10.1. The summed E-state index contributed by atoms with van der Waals surface area (Å²) in [6.07, 6.45) is 1.81. The van der Waals surface area contributed by atoms with Gasteiger partial charge in [0.1, 0.15) is 10.8 Å². The Hall–Kier alpha value is -2.00. The summed E-state index contributed by atoms with van der Waals surface area (Å²) in [5, 5.41) is 1.30. The zero-order chi connectivity index (χ0) is 11.8. The number of nitrogen functional groups attached to an aromatic ring is 1. The zero-order valence-corrected chi connectivity index (χ0v) is 9.70. The van der Waals surface area contributed by atoms with E-state index in [1.165, 1.54) is 0 Å². The van der Waals surface area contributed by atoms with E-state index in [0.717, 1.165) is 16.5 Å². The summed E-state index contributed by atoms with van der Waals surface area (Å²) >= 11 is 5.93. The number of fused-ring (bicyclic) bond motifs is 1. The maximum atomic E-state index is 5.93. The molecule has 1 aromatic carbocycles. The number of halogens is 1. The number of rotatable bonds is 1. The van der Waals surface area contributed by atoms with Crippen molar-refractivity contribution in [3.63, 3.8) is 0 Å². The van der Waals surface area contributed by atoms with Crippen LogP contribution in [0.5, 0.6) is 0 Å². The fourth-order valence-electron chi connectivity index (χ4n) is 1.85. The van der Waals surface area contributed by atoms with Crippen molar-refractivity contribution in [2.75, 3.05) is 5.73 Å². The van der Waals surface area contributed by atoms with Gasteiger partial charge >= 0.3 is 0 Å². The van der Waals surface area contributed by atoms with Crippen LogP contribution in [0.1, 0.15) is 0 Å². The van der Waals surface area contributed by atoms with Gasteiger partial charge in [-0.05, 0) is 11.6 Å². The van der Waals surface area contributed by atoms with Gasteiger partial charge in [-0.1, -0.05) is 41.9 Å². The first-order chi connectivity index (χ1) is 8.25. The number of hydrogen-bond donors (Lipinski definition) is 2. The number of nitrogens with two attached hydrogens (primary N) is 1. The van der Waals surface area contributed by atoms with E-state index >= 15 is 0 Å². The van der Waals surface area contributed by atoms with Crippen LogP contribution < -0.4 is 5.73 Å². The molecule has 3 nitrogen and oxygen atoms in total. The monoisotopic (exact) mass is 243 g/mol. The number of nitrogens with one attached hydrogen (secondary N) is 1. The molecule has 3 aromatic rings. The highest BCUT2D eigenvalue weighted by molar-refractivity contribution is 6.34. The SMILES string of the molecule is Nc1c(Cl)[nH]c2ncc(-c3ccccc3)cc12. The molecule has 0 aliphatic carbocycles. The largest absolute Gasteiger partial charge is 0.396 e. The summed E-state index contributed by atoms with van der Waals surface area (Å²) in [4.78, 5) is 7.25. The topological polar surface area (TPSA) is 54.7 Å². The number of aromatic nitrogens is 2. The van der Waals surface area contributed by atoms with Crippen LogP contribution in [0, 0.1) is 0 Å². The molecule has 17 heavy (non-hydrogen) atoms. The van der Waals surface area contributed by atoms with Crippen LogP contribution >= 0.6 is 11.6 Å². The maximum Gasteiger partial charge on any atom is 0.140 e. The van der Waals surface area contributed by atoms with E-state index in [1.807, 2.05) is 42.6 Å². The molecule has 2 heterocycles. The van der Waals surface area contributed by atoms with Gasteiger partial charge in [0.05, 0.1) is 5.69 Å². The van der Waals surface area contributed by atoms with Crippen molar-refractivity contribution in [3.8, 4) is 11.1 Å². The molecule has 4 heteroatoms. The number of benzene rings is 1. The Morgan fingerprint density at radius 3 is 2.65 bits per heavy atom. The lowest BCUT2D eigenvalue weighted by Crippen LogP contribution is -1.84. The summed E-state index contributed by atoms with van der Waals surface area (Å²) < 4.78 is 0. The number of anilines is 1. The van der Waals surface area contributed by atoms with E-state index in [1.54, 1.807) is 0 Å². The normalized spacial score (nSPS) is 10.9. The predicted octanol–water partition coefficient (Wildman–Crippen LogP) is 3.47. The first-order valence-corrected chi connectivity index (χ1v) is 5.61. The second-order valence-corrected chi connectivity index (χ2v) is 4.22.